The smallest absolute Gasteiger partial charge is 0.406 e. The average Bonchev–Trinajstić information content (AvgIpc) is 1.76. The number of nitrogens with one attached hydrogen (secondary N) is 5. The Kier molecular flexibility index (Phi) is 18.7. The lowest BCUT2D eigenvalue weighted by Crippen LogP contribution is -2.51. The number of alkyl halides is 6. The molecule has 5 N–H and O–H groups in total. The van der Waals surface area contributed by atoms with Gasteiger partial charge in [-0.1, -0.05) is 13.0 Å². The van der Waals surface area contributed by atoms with E-state index in [1.165, 1.54) is 52.9 Å². The third-order valence-electron chi connectivity index (χ3n) is 16.5. The van der Waals surface area contributed by atoms with Crippen LogP contribution < -0.4 is 31.3 Å². The number of ether oxygens (including phenoxy) is 1. The highest BCUT2D eigenvalue weighted by atomic mass is 19.4. The van der Waals surface area contributed by atoms with Crippen LogP contribution in [0, 0.1) is 59.0 Å². The highest BCUT2D eigenvalue weighted by Gasteiger charge is 2.63. The van der Waals surface area contributed by atoms with Gasteiger partial charge in [0.1, 0.15) is 53.9 Å². The zero-order valence-electron chi connectivity index (χ0n) is 47.5. The van der Waals surface area contributed by atoms with E-state index in [0.29, 0.717) is 17.7 Å². The molecule has 0 bridgehead atoms. The van der Waals surface area contributed by atoms with Gasteiger partial charge in [-0.2, -0.15) is 36.5 Å². The van der Waals surface area contributed by atoms with E-state index in [1.54, 1.807) is 19.2 Å². The summed E-state index contributed by atoms with van der Waals surface area (Å²) in [4.78, 5) is 84.8. The summed E-state index contributed by atoms with van der Waals surface area (Å²) in [5.74, 6) is -10.3. The first kappa shape index (κ1) is 62.0. The fraction of sp³-hybridized carbons (Fsp3) is 0.586. The molecule has 4 aliphatic carbocycles. The van der Waals surface area contributed by atoms with Crippen LogP contribution in [0.5, 0.6) is 5.75 Å². The van der Waals surface area contributed by atoms with Crippen molar-refractivity contribution < 1.29 is 68.6 Å². The van der Waals surface area contributed by atoms with E-state index < -0.39 is 108 Å². The van der Waals surface area contributed by atoms with Crippen molar-refractivity contribution in [3.8, 4) is 5.75 Å². The van der Waals surface area contributed by atoms with E-state index in [9.17, 15) is 55.1 Å². The molecular weight excluding hydrogens is 1100 g/mol. The van der Waals surface area contributed by atoms with Crippen molar-refractivity contribution in [2.24, 2.45) is 47.3 Å². The summed E-state index contributed by atoms with van der Waals surface area (Å²) in [7, 11) is 1.02. The fourth-order valence-electron chi connectivity index (χ4n) is 12.2. The van der Waals surface area contributed by atoms with Crippen LogP contribution >= 0.6 is 0 Å². The molecule has 83 heavy (non-hydrogen) atoms. The monoisotopic (exact) mass is 1170 g/mol. The Labute approximate surface area is 475 Å². The second-order valence-electron chi connectivity index (χ2n) is 23.2. The van der Waals surface area contributed by atoms with E-state index in [2.05, 4.69) is 31.5 Å². The Hall–Kier alpha value is -7.08. The number of anilines is 2. The van der Waals surface area contributed by atoms with Crippen LogP contribution in [0.4, 0.5) is 46.5 Å². The molecule has 0 saturated heterocycles. The molecule has 2 aromatic carbocycles. The van der Waals surface area contributed by atoms with Crippen LogP contribution in [-0.2, 0) is 19.2 Å². The lowest BCUT2D eigenvalue weighted by atomic mass is 9.84. The van der Waals surface area contributed by atoms with Crippen molar-refractivity contribution in [3.05, 3.63) is 89.0 Å². The molecule has 0 spiro atoms. The van der Waals surface area contributed by atoms with Crippen LogP contribution in [0.25, 0.3) is 0 Å². The molecule has 4 aliphatic rings. The van der Waals surface area contributed by atoms with Crippen molar-refractivity contribution in [3.63, 3.8) is 0 Å². The maximum atomic E-state index is 16.3. The molecular formula is C58H72F8N10O7. The third kappa shape index (κ3) is 14.8. The van der Waals surface area contributed by atoms with Gasteiger partial charge < -0.3 is 36.2 Å². The number of hydrogen-bond donors (Lipinski definition) is 5. The Morgan fingerprint density at radius 3 is 1.60 bits per heavy atom. The summed E-state index contributed by atoms with van der Waals surface area (Å²) in [6.45, 7) is 8.73. The minimum absolute atomic E-state index is 0.00824. The van der Waals surface area contributed by atoms with Crippen LogP contribution in [-0.4, -0.2) is 111 Å². The number of hydrogen-bond acceptors (Lipinski definition) is 9. The van der Waals surface area contributed by atoms with Crippen molar-refractivity contribution in [2.75, 3.05) is 37.4 Å². The topological polar surface area (TPSA) is 211 Å². The molecule has 0 aliphatic heterocycles. The average molecular weight is 1170 g/mol. The van der Waals surface area contributed by atoms with E-state index in [0.717, 1.165) is 50.9 Å². The molecule has 4 fully saturated rings. The van der Waals surface area contributed by atoms with Gasteiger partial charge in [-0.25, -0.2) is 8.78 Å². The summed E-state index contributed by atoms with van der Waals surface area (Å²) in [5, 5.41) is 21.7. The van der Waals surface area contributed by atoms with Crippen LogP contribution in [0.3, 0.4) is 0 Å². The van der Waals surface area contributed by atoms with E-state index in [1.807, 2.05) is 27.7 Å². The first-order chi connectivity index (χ1) is 39.1. The van der Waals surface area contributed by atoms with Gasteiger partial charge >= 0.3 is 12.4 Å². The molecule has 17 nitrogen and oxygen atoms in total. The maximum absolute atomic E-state index is 16.3. The fourth-order valence-corrected chi connectivity index (χ4v) is 12.2. The molecule has 452 valence electrons. The van der Waals surface area contributed by atoms with Crippen LogP contribution in [0.1, 0.15) is 149 Å². The first-order valence-corrected chi connectivity index (χ1v) is 28.3. The van der Waals surface area contributed by atoms with Crippen LogP contribution in [0.15, 0.2) is 54.9 Å². The Morgan fingerprint density at radius 1 is 0.675 bits per heavy atom. The summed E-state index contributed by atoms with van der Waals surface area (Å²) < 4.78 is 120. The van der Waals surface area contributed by atoms with Crippen molar-refractivity contribution in [2.45, 2.75) is 142 Å². The van der Waals surface area contributed by atoms with Crippen molar-refractivity contribution >= 4 is 46.8 Å². The van der Waals surface area contributed by atoms with Crippen LogP contribution in [0.2, 0.25) is 0 Å². The van der Waals surface area contributed by atoms with Gasteiger partial charge in [-0.3, -0.25) is 38.1 Å². The van der Waals surface area contributed by atoms with Gasteiger partial charge in [-0.05, 0) is 170 Å². The third-order valence-corrected chi connectivity index (χ3v) is 16.5. The van der Waals surface area contributed by atoms with Gasteiger partial charge in [0.25, 0.3) is 11.8 Å². The predicted molar refractivity (Wildman–Crippen MR) is 289 cm³/mol. The Balaban J connectivity index is 1.06. The SMILES string of the molecule is CCOc1cc(NC(=O)[C@@H](NC(=O)c2ccnn2C(C)C)C(C2CC2)C2CC2C2CC2C(C2CC2)[C@H](NC(=O)c2ccnn2C(C)C)C(=O)Nc2ccc(C(CC)C(=O)N(C)CC(F)(F)F)cc2F)c(F)cc1C(C)C(=O)NCC(F)(F)F. The van der Waals surface area contributed by atoms with E-state index in [4.69, 9.17) is 4.74 Å². The number of likely N-dealkylation sites (N-methyl/N-ethyl adjacent to an activating group) is 1. The highest BCUT2D eigenvalue weighted by Crippen LogP contribution is 2.67. The van der Waals surface area contributed by atoms with Gasteiger partial charge in [0, 0.05) is 43.2 Å². The summed E-state index contributed by atoms with van der Waals surface area (Å²) in [6, 6.07) is 5.81. The maximum Gasteiger partial charge on any atom is 0.406 e. The Morgan fingerprint density at radius 2 is 1.17 bits per heavy atom. The molecule has 8 unspecified atom stereocenters. The number of benzene rings is 2. The van der Waals surface area contributed by atoms with Crippen molar-refractivity contribution in [1.82, 2.24) is 40.4 Å². The van der Waals surface area contributed by atoms with Gasteiger partial charge in [0.05, 0.1) is 29.8 Å². The normalized spacial score (nSPS) is 20.8. The molecule has 4 saturated carbocycles. The number of rotatable bonds is 26. The Bertz CT molecular complexity index is 3040. The molecule has 6 amide bonds. The van der Waals surface area contributed by atoms with Crippen molar-refractivity contribution in [1.29, 1.82) is 0 Å². The number of amides is 6. The minimum atomic E-state index is -4.70. The zero-order chi connectivity index (χ0) is 60.6. The quantitative estimate of drug-likeness (QED) is 0.0379. The molecule has 2 aromatic heterocycles. The number of aromatic nitrogens is 4. The van der Waals surface area contributed by atoms with E-state index in [-0.39, 0.29) is 100 Å². The number of carbonyl (C=O) groups is 6. The highest BCUT2D eigenvalue weighted by molar-refractivity contribution is 6.02. The van der Waals surface area contributed by atoms with Gasteiger partial charge in [-0.15, -0.1) is 0 Å². The summed E-state index contributed by atoms with van der Waals surface area (Å²) >= 11 is 0. The zero-order valence-corrected chi connectivity index (χ0v) is 47.5. The second kappa shape index (κ2) is 25.0. The standard InChI is InChI=1S/C58H72F8N10O7/c1-9-34(56(82)74(8)27-58(64,65)66)33-15-16-42(40(59)21-33)70-54(80)49(72-52(78)44-17-19-68-75(44)28(3)4)47(31-11-12-31)38-22-36(38)37-23-39(37)48(32-13-14-32)50(73-53(79)45-18-20-69-76(45)29(5)6)55(81)71-43-25-46(83-10-2)35(24-41(43)60)30(7)51(77)67-26-57(61,62)63/h15-21,24-25,28-32,34,36-39,47-50H,9-14,22-23,26-27H2,1-8H3,(H,67,77)(H,70,80)(H,71,81)(H,72,78)(H,73,79)/t30?,34?,36?,37?,38?,39?,47?,48?,49-,50-/m0/s1. The minimum Gasteiger partial charge on any atom is -0.493 e. The molecule has 10 atom stereocenters. The molecule has 25 heteroatoms. The van der Waals surface area contributed by atoms with Gasteiger partial charge in [0.2, 0.25) is 23.6 Å². The number of carbonyl (C=O) groups excluding carboxylic acids is 6. The molecule has 0 radical (unpaired) electrons. The number of halogens is 8. The summed E-state index contributed by atoms with van der Waals surface area (Å²) in [5.41, 5.74) is -0.232. The largest absolute Gasteiger partial charge is 0.493 e. The first-order valence-electron chi connectivity index (χ1n) is 28.3. The lowest BCUT2D eigenvalue weighted by molar-refractivity contribution is -0.159. The number of nitrogens with zero attached hydrogens (tertiary/aromatic N) is 5. The predicted octanol–water partition coefficient (Wildman–Crippen LogP) is 9.71. The molecule has 8 rings (SSSR count). The summed E-state index contributed by atoms with van der Waals surface area (Å²) in [6.07, 6.45) is -2.16. The second-order valence-corrected chi connectivity index (χ2v) is 23.2. The lowest BCUT2D eigenvalue weighted by Gasteiger charge is -2.29. The molecule has 4 aromatic rings. The van der Waals surface area contributed by atoms with E-state index >= 15 is 8.78 Å². The van der Waals surface area contributed by atoms with Gasteiger partial charge in [0.15, 0.2) is 0 Å². The molecule has 2 heterocycles.